The predicted octanol–water partition coefficient (Wildman–Crippen LogP) is -1.54. The SMILES string of the molecule is OCC1(CO)OC(n2cnc3c(=S)nc[nH]c32)C(O)C1O. The lowest BCUT2D eigenvalue weighted by atomic mass is 9.97. The molecule has 0 bridgehead atoms. The summed E-state index contributed by atoms with van der Waals surface area (Å²) in [7, 11) is 0. The third-order valence-electron chi connectivity index (χ3n) is 3.70. The molecule has 0 saturated carbocycles. The zero-order valence-electron chi connectivity index (χ0n) is 10.7. The Kier molecular flexibility index (Phi) is 3.51. The molecule has 0 aliphatic carbocycles. The average Bonchev–Trinajstić information content (AvgIpc) is 3.02. The van der Waals surface area contributed by atoms with Crippen LogP contribution in [0.3, 0.4) is 0 Å². The van der Waals surface area contributed by atoms with E-state index in [0.29, 0.717) is 11.2 Å². The highest BCUT2D eigenvalue weighted by Gasteiger charge is 2.54. The first-order chi connectivity index (χ1) is 10.0. The summed E-state index contributed by atoms with van der Waals surface area (Å²) in [5.41, 5.74) is -0.758. The molecule has 1 aliphatic rings. The summed E-state index contributed by atoms with van der Waals surface area (Å²) < 4.78 is 7.23. The minimum absolute atomic E-state index is 0.283. The first-order valence-corrected chi connectivity index (χ1v) is 6.61. The molecule has 9 nitrogen and oxygen atoms in total. The van der Waals surface area contributed by atoms with Crippen LogP contribution in [0.25, 0.3) is 11.2 Å². The smallest absolute Gasteiger partial charge is 0.166 e. The topological polar surface area (TPSA) is 137 Å². The van der Waals surface area contributed by atoms with Crippen LogP contribution in [0.5, 0.6) is 0 Å². The van der Waals surface area contributed by atoms with Gasteiger partial charge in [-0.05, 0) is 0 Å². The normalized spacial score (nSPS) is 28.3. The van der Waals surface area contributed by atoms with Crippen molar-refractivity contribution in [3.05, 3.63) is 17.3 Å². The van der Waals surface area contributed by atoms with Gasteiger partial charge in [-0.1, -0.05) is 12.2 Å². The van der Waals surface area contributed by atoms with Crippen LogP contribution in [0.2, 0.25) is 0 Å². The number of imidazole rings is 1. The summed E-state index contributed by atoms with van der Waals surface area (Å²) in [4.78, 5) is 10.8. The average molecular weight is 314 g/mol. The van der Waals surface area contributed by atoms with Gasteiger partial charge in [0.1, 0.15) is 29.0 Å². The van der Waals surface area contributed by atoms with E-state index < -0.39 is 37.3 Å². The zero-order chi connectivity index (χ0) is 15.2. The van der Waals surface area contributed by atoms with Crippen LogP contribution >= 0.6 is 12.2 Å². The quantitative estimate of drug-likeness (QED) is 0.430. The number of fused-ring (bicyclic) bond motifs is 1. The molecule has 1 saturated heterocycles. The van der Waals surface area contributed by atoms with E-state index in [9.17, 15) is 20.4 Å². The molecule has 3 atom stereocenters. The molecule has 3 unspecified atom stereocenters. The number of aromatic nitrogens is 4. The fraction of sp³-hybridized carbons (Fsp3) is 0.545. The number of aromatic amines is 1. The van der Waals surface area contributed by atoms with Gasteiger partial charge in [0, 0.05) is 0 Å². The van der Waals surface area contributed by atoms with Crippen LogP contribution in [0.4, 0.5) is 0 Å². The number of aliphatic hydroxyl groups is 4. The lowest BCUT2D eigenvalue weighted by Crippen LogP contribution is -2.49. The van der Waals surface area contributed by atoms with Crippen LogP contribution in [0.1, 0.15) is 6.23 Å². The fourth-order valence-electron chi connectivity index (χ4n) is 2.45. The van der Waals surface area contributed by atoms with Crippen molar-refractivity contribution >= 4 is 23.4 Å². The van der Waals surface area contributed by atoms with Gasteiger partial charge >= 0.3 is 0 Å². The summed E-state index contributed by atoms with van der Waals surface area (Å²) in [6, 6.07) is 0. The molecule has 3 heterocycles. The highest BCUT2D eigenvalue weighted by molar-refractivity contribution is 7.71. The first-order valence-electron chi connectivity index (χ1n) is 6.20. The van der Waals surface area contributed by atoms with E-state index in [-0.39, 0.29) is 4.64 Å². The summed E-state index contributed by atoms with van der Waals surface area (Å²) >= 11 is 5.05. The molecule has 21 heavy (non-hydrogen) atoms. The summed E-state index contributed by atoms with van der Waals surface area (Å²) in [5.74, 6) is 0. The molecular weight excluding hydrogens is 300 g/mol. The van der Waals surface area contributed by atoms with Gasteiger partial charge in [0.15, 0.2) is 10.9 Å². The van der Waals surface area contributed by atoms with E-state index >= 15 is 0 Å². The molecule has 0 radical (unpaired) electrons. The fourth-order valence-corrected chi connectivity index (χ4v) is 2.65. The highest BCUT2D eigenvalue weighted by Crippen LogP contribution is 2.37. The molecule has 0 spiro atoms. The van der Waals surface area contributed by atoms with Gasteiger partial charge in [-0.25, -0.2) is 9.97 Å². The number of ether oxygens (including phenoxy) is 1. The van der Waals surface area contributed by atoms with Crippen molar-refractivity contribution in [3.8, 4) is 0 Å². The monoisotopic (exact) mass is 314 g/mol. The largest absolute Gasteiger partial charge is 0.393 e. The van der Waals surface area contributed by atoms with Gasteiger partial charge in [-0.2, -0.15) is 0 Å². The number of nitrogens with zero attached hydrogens (tertiary/aromatic N) is 3. The van der Waals surface area contributed by atoms with Crippen LogP contribution in [-0.4, -0.2) is 71.0 Å². The van der Waals surface area contributed by atoms with E-state index in [4.69, 9.17) is 17.0 Å². The molecule has 2 aromatic rings. The van der Waals surface area contributed by atoms with Crippen LogP contribution in [0.15, 0.2) is 12.7 Å². The van der Waals surface area contributed by atoms with Crippen molar-refractivity contribution in [2.75, 3.05) is 13.2 Å². The number of aliphatic hydroxyl groups excluding tert-OH is 4. The zero-order valence-corrected chi connectivity index (χ0v) is 11.6. The summed E-state index contributed by atoms with van der Waals surface area (Å²) in [6.45, 7) is -1.27. The van der Waals surface area contributed by atoms with Crippen LogP contribution < -0.4 is 0 Å². The van der Waals surface area contributed by atoms with Gasteiger partial charge in [-0.15, -0.1) is 0 Å². The van der Waals surface area contributed by atoms with Crippen LogP contribution in [0, 0.1) is 4.64 Å². The minimum atomic E-state index is -1.63. The molecule has 114 valence electrons. The second kappa shape index (κ2) is 5.09. The highest BCUT2D eigenvalue weighted by atomic mass is 32.1. The maximum atomic E-state index is 10.2. The molecule has 0 aromatic carbocycles. The number of rotatable bonds is 3. The van der Waals surface area contributed by atoms with E-state index in [1.807, 2.05) is 0 Å². The Hall–Kier alpha value is -1.43. The Labute approximate surface area is 123 Å². The Morgan fingerprint density at radius 1 is 1.33 bits per heavy atom. The second-order valence-corrected chi connectivity index (χ2v) is 5.27. The number of H-pyrrole nitrogens is 1. The van der Waals surface area contributed by atoms with E-state index in [1.165, 1.54) is 17.2 Å². The summed E-state index contributed by atoms with van der Waals surface area (Å²) in [5, 5.41) is 38.9. The van der Waals surface area contributed by atoms with Crippen molar-refractivity contribution < 1.29 is 25.2 Å². The first kappa shape index (κ1) is 14.5. The van der Waals surface area contributed by atoms with Gasteiger partial charge in [0.05, 0.1) is 25.9 Å². The van der Waals surface area contributed by atoms with Crippen molar-refractivity contribution in [1.82, 2.24) is 19.5 Å². The molecule has 0 amide bonds. The van der Waals surface area contributed by atoms with Crippen molar-refractivity contribution in [1.29, 1.82) is 0 Å². The van der Waals surface area contributed by atoms with Crippen molar-refractivity contribution in [3.63, 3.8) is 0 Å². The Morgan fingerprint density at radius 2 is 2.05 bits per heavy atom. The standard InChI is InChI=1S/C11H14N4O5S/c16-1-11(2-17)7(19)6(18)10(20-11)15-4-14-5-8(15)12-3-13-9(5)21/h3-4,6-7,10,16-19H,1-2H2,(H,12,13,21). The van der Waals surface area contributed by atoms with E-state index in [2.05, 4.69) is 15.0 Å². The molecule has 2 aromatic heterocycles. The number of nitrogens with one attached hydrogen (secondary N) is 1. The third kappa shape index (κ3) is 1.99. The van der Waals surface area contributed by atoms with Gasteiger partial charge < -0.3 is 30.1 Å². The lowest BCUT2D eigenvalue weighted by molar-refractivity contribution is -0.149. The Balaban J connectivity index is 2.08. The lowest BCUT2D eigenvalue weighted by Gasteiger charge is -2.27. The molecule has 5 N–H and O–H groups in total. The molecule has 3 rings (SSSR count). The number of hydrogen-bond acceptors (Lipinski definition) is 8. The molecule has 1 aliphatic heterocycles. The third-order valence-corrected chi connectivity index (χ3v) is 4.00. The van der Waals surface area contributed by atoms with Crippen molar-refractivity contribution in [2.45, 2.75) is 24.0 Å². The predicted molar refractivity (Wildman–Crippen MR) is 71.8 cm³/mol. The van der Waals surface area contributed by atoms with Crippen molar-refractivity contribution in [2.24, 2.45) is 0 Å². The Bertz CT molecular complexity index is 712. The van der Waals surface area contributed by atoms with E-state index in [1.54, 1.807) is 0 Å². The molecule has 1 fully saturated rings. The Morgan fingerprint density at radius 3 is 2.67 bits per heavy atom. The maximum absolute atomic E-state index is 10.2. The molecule has 10 heteroatoms. The van der Waals surface area contributed by atoms with Gasteiger partial charge in [-0.3, -0.25) is 4.57 Å². The molecular formula is C11H14N4O5S. The maximum Gasteiger partial charge on any atom is 0.166 e. The minimum Gasteiger partial charge on any atom is -0.393 e. The van der Waals surface area contributed by atoms with Crippen LogP contribution in [-0.2, 0) is 4.74 Å². The van der Waals surface area contributed by atoms with Gasteiger partial charge in [0.25, 0.3) is 0 Å². The second-order valence-electron chi connectivity index (χ2n) is 4.88. The number of hydrogen-bond donors (Lipinski definition) is 5. The van der Waals surface area contributed by atoms with E-state index in [0.717, 1.165) is 0 Å². The van der Waals surface area contributed by atoms with Gasteiger partial charge in [0.2, 0.25) is 0 Å². The summed E-state index contributed by atoms with van der Waals surface area (Å²) in [6.07, 6.45) is -1.07.